The molecule has 0 radical (unpaired) electrons. The van der Waals surface area contributed by atoms with Gasteiger partial charge in [-0.25, -0.2) is 8.78 Å². The van der Waals surface area contributed by atoms with Crippen LogP contribution in [0.4, 0.5) is 8.78 Å². The molecule has 0 unspecified atom stereocenters. The average molecular weight is 445 g/mol. The molecule has 8 heteroatoms. The molecule has 0 spiro atoms. The Morgan fingerprint density at radius 3 is 2.73 bits per heavy atom. The Bertz CT molecular complexity index is 1390. The zero-order valence-corrected chi connectivity index (χ0v) is 18.0. The van der Waals surface area contributed by atoms with E-state index >= 15 is 0 Å². The van der Waals surface area contributed by atoms with Gasteiger partial charge >= 0.3 is 0 Å². The summed E-state index contributed by atoms with van der Waals surface area (Å²) in [5, 5.41) is 5.48. The largest absolute Gasteiger partial charge is 0.327 e. The number of aromatic nitrogens is 4. The monoisotopic (exact) mass is 445 g/mol. The molecule has 1 amide bonds. The van der Waals surface area contributed by atoms with Crippen molar-refractivity contribution >= 4 is 16.8 Å². The van der Waals surface area contributed by atoms with Crippen molar-refractivity contribution in [2.24, 2.45) is 7.05 Å². The lowest BCUT2D eigenvalue weighted by Crippen LogP contribution is -2.49. The molecule has 4 aromatic rings. The van der Waals surface area contributed by atoms with Crippen LogP contribution in [0, 0.1) is 11.6 Å². The van der Waals surface area contributed by atoms with E-state index in [2.05, 4.69) is 9.97 Å². The molecule has 6 nitrogen and oxygen atoms in total. The van der Waals surface area contributed by atoms with Gasteiger partial charge in [0.25, 0.3) is 5.91 Å². The molecule has 166 valence electrons. The van der Waals surface area contributed by atoms with Crippen molar-refractivity contribution in [3.63, 3.8) is 0 Å². The molecule has 33 heavy (non-hydrogen) atoms. The second-order valence-electron chi connectivity index (χ2n) is 8.76. The van der Waals surface area contributed by atoms with Gasteiger partial charge in [-0.3, -0.25) is 19.4 Å². The number of aryl methyl sites for hydroxylation is 1. The highest BCUT2D eigenvalue weighted by atomic mass is 19.1. The van der Waals surface area contributed by atoms with E-state index in [0.717, 1.165) is 47.5 Å². The van der Waals surface area contributed by atoms with E-state index in [0.29, 0.717) is 23.2 Å². The van der Waals surface area contributed by atoms with Gasteiger partial charge in [0.1, 0.15) is 11.6 Å². The molecule has 2 aliphatic rings. The zero-order valence-electron chi connectivity index (χ0n) is 18.0. The number of halogens is 2. The topological polar surface area (TPSA) is 63.9 Å². The lowest BCUT2D eigenvalue weighted by molar-refractivity contribution is 0.0394. The average Bonchev–Trinajstić information content (AvgIpc) is 3.13. The summed E-state index contributed by atoms with van der Waals surface area (Å²) in [6.45, 7) is 0. The van der Waals surface area contributed by atoms with Crippen LogP contribution < -0.4 is 0 Å². The molecule has 5 heterocycles. The second-order valence-corrected chi connectivity index (χ2v) is 8.76. The van der Waals surface area contributed by atoms with Crippen molar-refractivity contribution < 1.29 is 13.6 Å². The summed E-state index contributed by atoms with van der Waals surface area (Å²) in [5.74, 6) is -1.29. The highest BCUT2D eigenvalue weighted by molar-refractivity contribution is 6.06. The Hall–Kier alpha value is -3.68. The first kappa shape index (κ1) is 20.0. The molecule has 1 saturated heterocycles. The Morgan fingerprint density at radius 2 is 1.91 bits per heavy atom. The number of benzene rings is 1. The van der Waals surface area contributed by atoms with Crippen LogP contribution >= 0.6 is 0 Å². The second kappa shape index (κ2) is 7.43. The fourth-order valence-electron chi connectivity index (χ4n) is 5.52. The maximum absolute atomic E-state index is 14.0. The number of amides is 1. The predicted octanol–water partition coefficient (Wildman–Crippen LogP) is 4.60. The van der Waals surface area contributed by atoms with E-state index in [1.165, 1.54) is 12.1 Å². The maximum atomic E-state index is 14.0. The Kier molecular flexibility index (Phi) is 4.50. The minimum Gasteiger partial charge on any atom is -0.327 e. The van der Waals surface area contributed by atoms with Crippen LogP contribution in [0.2, 0.25) is 0 Å². The smallest absolute Gasteiger partial charge is 0.255 e. The molecular weight excluding hydrogens is 424 g/mol. The van der Waals surface area contributed by atoms with Crippen LogP contribution in [-0.4, -0.2) is 36.6 Å². The Morgan fingerprint density at radius 1 is 1.09 bits per heavy atom. The molecule has 2 aliphatic heterocycles. The SMILES string of the molecule is Cn1nc2c(c1-c1cc(F)cc(F)c1)C[C@H]1CCC[C@@H]2N1C(=O)c1ccnc2ccncc12. The first-order chi connectivity index (χ1) is 16.0. The third kappa shape index (κ3) is 3.12. The molecule has 2 bridgehead atoms. The van der Waals surface area contributed by atoms with Gasteiger partial charge in [0, 0.05) is 54.3 Å². The fraction of sp³-hybridized carbons (Fsp3) is 0.280. The van der Waals surface area contributed by atoms with Gasteiger partial charge < -0.3 is 4.90 Å². The minimum atomic E-state index is -0.620. The summed E-state index contributed by atoms with van der Waals surface area (Å²) in [6, 6.07) is 6.90. The molecule has 0 N–H and O–H groups in total. The number of carbonyl (C=O) groups excluding carboxylic acids is 1. The molecular formula is C25H21F2N5O. The van der Waals surface area contributed by atoms with Crippen LogP contribution in [0.3, 0.4) is 0 Å². The first-order valence-corrected chi connectivity index (χ1v) is 11.0. The summed E-state index contributed by atoms with van der Waals surface area (Å²) in [4.78, 5) is 24.3. The van der Waals surface area contributed by atoms with E-state index in [1.807, 2.05) is 4.90 Å². The summed E-state index contributed by atoms with van der Waals surface area (Å²) in [5.41, 5.74) is 4.28. The van der Waals surface area contributed by atoms with Gasteiger partial charge in [0.15, 0.2) is 0 Å². The number of hydrogen-bond donors (Lipinski definition) is 0. The Labute approximate surface area is 188 Å². The number of nitrogens with zero attached hydrogens (tertiary/aromatic N) is 5. The summed E-state index contributed by atoms with van der Waals surface area (Å²) in [6.07, 6.45) is 8.25. The highest BCUT2D eigenvalue weighted by Gasteiger charge is 2.43. The van der Waals surface area contributed by atoms with E-state index in [4.69, 9.17) is 5.10 Å². The summed E-state index contributed by atoms with van der Waals surface area (Å²) < 4.78 is 29.6. The standard InChI is InChI=1S/C25H21F2N5O/c1-31-24(14-9-15(26)11-16(27)10-14)19-12-17-3-2-4-22(23(19)30-31)32(17)25(33)18-5-8-29-21-6-7-28-13-20(18)21/h5-11,13,17,22H,2-4,12H2,1H3/t17-,22+/m1/s1. The van der Waals surface area contributed by atoms with Crippen LogP contribution in [0.1, 0.15) is 46.9 Å². The van der Waals surface area contributed by atoms with Gasteiger partial charge in [-0.2, -0.15) is 5.10 Å². The molecule has 1 aromatic carbocycles. The molecule has 0 aliphatic carbocycles. The van der Waals surface area contributed by atoms with Crippen molar-refractivity contribution in [2.75, 3.05) is 0 Å². The third-order valence-electron chi connectivity index (χ3n) is 6.82. The van der Waals surface area contributed by atoms with Gasteiger partial charge in [-0.15, -0.1) is 0 Å². The Balaban J connectivity index is 1.46. The van der Waals surface area contributed by atoms with Gasteiger partial charge in [-0.1, -0.05) is 0 Å². The first-order valence-electron chi connectivity index (χ1n) is 11.0. The highest BCUT2D eigenvalue weighted by Crippen LogP contribution is 2.45. The molecule has 0 saturated carbocycles. The van der Waals surface area contributed by atoms with Crippen LogP contribution in [0.25, 0.3) is 22.2 Å². The molecule has 2 atom stereocenters. The van der Waals surface area contributed by atoms with E-state index in [9.17, 15) is 13.6 Å². The number of fused-ring (bicyclic) bond motifs is 5. The summed E-state index contributed by atoms with van der Waals surface area (Å²) in [7, 11) is 1.79. The van der Waals surface area contributed by atoms with E-state index in [-0.39, 0.29) is 18.0 Å². The number of rotatable bonds is 2. The number of piperidine rings is 1. The normalized spacial score (nSPS) is 19.5. The van der Waals surface area contributed by atoms with Crippen LogP contribution in [0.5, 0.6) is 0 Å². The van der Waals surface area contributed by atoms with Gasteiger partial charge in [0.2, 0.25) is 0 Å². The zero-order chi connectivity index (χ0) is 22.7. The van der Waals surface area contributed by atoms with Crippen molar-refractivity contribution in [1.82, 2.24) is 24.6 Å². The van der Waals surface area contributed by atoms with Crippen molar-refractivity contribution in [3.05, 3.63) is 77.4 Å². The predicted molar refractivity (Wildman–Crippen MR) is 118 cm³/mol. The number of carbonyl (C=O) groups is 1. The van der Waals surface area contributed by atoms with Gasteiger partial charge in [-0.05, 0) is 49.9 Å². The third-order valence-corrected chi connectivity index (χ3v) is 6.82. The van der Waals surface area contributed by atoms with Crippen molar-refractivity contribution in [3.8, 4) is 11.3 Å². The number of hydrogen-bond acceptors (Lipinski definition) is 4. The summed E-state index contributed by atoms with van der Waals surface area (Å²) >= 11 is 0. The van der Waals surface area contributed by atoms with Crippen molar-refractivity contribution in [1.29, 1.82) is 0 Å². The fourth-order valence-corrected chi connectivity index (χ4v) is 5.52. The molecule has 1 fully saturated rings. The minimum absolute atomic E-state index is 0.00927. The van der Waals surface area contributed by atoms with E-state index in [1.54, 1.807) is 42.5 Å². The molecule has 3 aromatic heterocycles. The quantitative estimate of drug-likeness (QED) is 0.452. The molecule has 6 rings (SSSR count). The van der Waals surface area contributed by atoms with Gasteiger partial charge in [0.05, 0.1) is 28.5 Å². The van der Waals surface area contributed by atoms with Crippen LogP contribution in [0.15, 0.2) is 48.9 Å². The lowest BCUT2D eigenvalue weighted by atomic mass is 9.81. The van der Waals surface area contributed by atoms with E-state index < -0.39 is 11.6 Å². The maximum Gasteiger partial charge on any atom is 0.255 e. The lowest BCUT2D eigenvalue weighted by Gasteiger charge is -2.45. The van der Waals surface area contributed by atoms with Crippen molar-refractivity contribution in [2.45, 2.75) is 37.8 Å². The van der Waals surface area contributed by atoms with Crippen LogP contribution in [-0.2, 0) is 13.5 Å². The number of pyridine rings is 2.